The van der Waals surface area contributed by atoms with Gasteiger partial charge >= 0.3 is 0 Å². The van der Waals surface area contributed by atoms with Crippen LogP contribution < -0.4 is 4.74 Å². The van der Waals surface area contributed by atoms with Gasteiger partial charge in [0.1, 0.15) is 11.6 Å². The largest absolute Gasteiger partial charge is 0.496 e. The predicted molar refractivity (Wildman–Crippen MR) is 102 cm³/mol. The molecule has 0 radical (unpaired) electrons. The first-order chi connectivity index (χ1) is 13.5. The summed E-state index contributed by atoms with van der Waals surface area (Å²) in [5.74, 6) is 2.94. The minimum atomic E-state index is -0.462. The summed E-state index contributed by atoms with van der Waals surface area (Å²) in [6.07, 6.45) is 7.55. The molecule has 1 aromatic heterocycles. The highest BCUT2D eigenvalue weighted by molar-refractivity contribution is 7.99. The van der Waals surface area contributed by atoms with Gasteiger partial charge in [0.25, 0.3) is 5.22 Å². The van der Waals surface area contributed by atoms with Crippen molar-refractivity contribution in [2.45, 2.75) is 49.2 Å². The van der Waals surface area contributed by atoms with E-state index in [2.05, 4.69) is 10.2 Å². The van der Waals surface area contributed by atoms with Gasteiger partial charge in [0, 0.05) is 5.41 Å². The van der Waals surface area contributed by atoms with Gasteiger partial charge in [-0.1, -0.05) is 11.8 Å². The third kappa shape index (κ3) is 3.13. The molecule has 0 amide bonds. The van der Waals surface area contributed by atoms with Crippen molar-refractivity contribution >= 4 is 17.5 Å². The maximum atomic E-state index is 13.5. The molecule has 2 aromatic rings. The van der Waals surface area contributed by atoms with E-state index >= 15 is 0 Å². The number of nitrogens with zero attached hydrogens (tertiary/aromatic N) is 2. The third-order valence-corrected chi connectivity index (χ3v) is 7.51. The zero-order valence-electron chi connectivity index (χ0n) is 15.8. The summed E-state index contributed by atoms with van der Waals surface area (Å²) in [5.41, 5.74) is 0.284. The van der Waals surface area contributed by atoms with Gasteiger partial charge in [0.05, 0.1) is 18.4 Å². The number of carbonyl (C=O) groups excluding carboxylic acids is 1. The summed E-state index contributed by atoms with van der Waals surface area (Å²) in [4.78, 5) is 12.5. The van der Waals surface area contributed by atoms with Gasteiger partial charge in [0.15, 0.2) is 5.78 Å². The first-order valence-corrected chi connectivity index (χ1v) is 10.9. The van der Waals surface area contributed by atoms with Crippen molar-refractivity contribution in [1.29, 1.82) is 0 Å². The topological polar surface area (TPSA) is 65.2 Å². The van der Waals surface area contributed by atoms with E-state index in [1.165, 1.54) is 56.3 Å². The number of thioether (sulfide) groups is 1. The van der Waals surface area contributed by atoms with Crippen molar-refractivity contribution in [2.24, 2.45) is 17.8 Å². The molecule has 5 nitrogen and oxygen atoms in total. The molecule has 4 fully saturated rings. The van der Waals surface area contributed by atoms with E-state index in [1.54, 1.807) is 0 Å². The molecule has 148 valence electrons. The second-order valence-corrected chi connectivity index (χ2v) is 9.55. The molecule has 4 aliphatic rings. The Morgan fingerprint density at radius 3 is 2.54 bits per heavy atom. The van der Waals surface area contributed by atoms with E-state index in [1.807, 2.05) is 0 Å². The van der Waals surface area contributed by atoms with E-state index in [0.29, 0.717) is 11.0 Å². The molecular formula is C21H23FN2O3S. The minimum Gasteiger partial charge on any atom is -0.496 e. The zero-order chi connectivity index (χ0) is 19.3. The van der Waals surface area contributed by atoms with E-state index in [-0.39, 0.29) is 22.5 Å². The summed E-state index contributed by atoms with van der Waals surface area (Å²) >= 11 is 1.21. The van der Waals surface area contributed by atoms with Crippen LogP contribution in [0.3, 0.4) is 0 Å². The number of hydrogen-bond acceptors (Lipinski definition) is 6. The van der Waals surface area contributed by atoms with Crippen LogP contribution in [0.25, 0.3) is 0 Å². The maximum absolute atomic E-state index is 13.5. The number of ether oxygens (including phenoxy) is 1. The quantitative estimate of drug-likeness (QED) is 0.517. The number of ketones is 1. The number of Topliss-reactive ketones (excluding diaryl/α,β-unsaturated/α-hetero) is 1. The van der Waals surface area contributed by atoms with Gasteiger partial charge in [-0.25, -0.2) is 4.39 Å². The lowest BCUT2D eigenvalue weighted by Crippen LogP contribution is -2.48. The Balaban J connectivity index is 1.29. The van der Waals surface area contributed by atoms with Crippen molar-refractivity contribution < 1.29 is 18.3 Å². The standard InChI is InChI=1S/C21H23FN2O3S/c1-26-18-3-2-15(22)7-16(18)17(25)11-28-20-24-23-19(27-20)21-8-12-4-13(9-21)6-14(5-12)10-21/h2-3,7,12-14H,4-6,8-11H2,1H3. The van der Waals surface area contributed by atoms with Crippen LogP contribution in [0, 0.1) is 23.6 Å². The number of benzene rings is 1. The van der Waals surface area contributed by atoms with Gasteiger partial charge in [-0.2, -0.15) is 0 Å². The van der Waals surface area contributed by atoms with Gasteiger partial charge in [-0.3, -0.25) is 4.79 Å². The first-order valence-electron chi connectivity index (χ1n) is 9.88. The van der Waals surface area contributed by atoms with Crippen LogP contribution in [-0.4, -0.2) is 28.8 Å². The number of aromatic nitrogens is 2. The van der Waals surface area contributed by atoms with Crippen LogP contribution in [0.4, 0.5) is 4.39 Å². The molecule has 0 atom stereocenters. The van der Waals surface area contributed by atoms with Gasteiger partial charge in [-0.05, 0) is 74.5 Å². The molecule has 4 aliphatic carbocycles. The normalized spacial score (nSPS) is 30.6. The Bertz CT molecular complexity index is 878. The predicted octanol–water partition coefficient (Wildman–Crippen LogP) is 4.66. The summed E-state index contributed by atoms with van der Waals surface area (Å²) in [6, 6.07) is 3.94. The number of hydrogen-bond donors (Lipinski definition) is 0. The summed E-state index contributed by atoms with van der Waals surface area (Å²) in [6.45, 7) is 0. The molecule has 1 heterocycles. The monoisotopic (exact) mass is 402 g/mol. The van der Waals surface area contributed by atoms with E-state index in [9.17, 15) is 9.18 Å². The molecule has 0 spiro atoms. The average molecular weight is 402 g/mol. The van der Waals surface area contributed by atoms with Gasteiger partial charge < -0.3 is 9.15 Å². The smallest absolute Gasteiger partial charge is 0.277 e. The average Bonchev–Trinajstić information content (AvgIpc) is 3.15. The number of carbonyl (C=O) groups is 1. The summed E-state index contributed by atoms with van der Waals surface area (Å²) < 4.78 is 24.7. The summed E-state index contributed by atoms with van der Waals surface area (Å²) in [7, 11) is 1.47. The molecule has 4 bridgehead atoms. The molecule has 7 heteroatoms. The van der Waals surface area contributed by atoms with Crippen LogP contribution in [0.1, 0.15) is 54.8 Å². The molecule has 6 rings (SSSR count). The second kappa shape index (κ2) is 6.87. The molecule has 28 heavy (non-hydrogen) atoms. The lowest BCUT2D eigenvalue weighted by Gasteiger charge is -2.55. The number of methoxy groups -OCH3 is 1. The van der Waals surface area contributed by atoms with Crippen LogP contribution in [0.15, 0.2) is 27.8 Å². The van der Waals surface area contributed by atoms with Crippen LogP contribution in [0.2, 0.25) is 0 Å². The van der Waals surface area contributed by atoms with Gasteiger partial charge in [0.2, 0.25) is 5.89 Å². The Labute approximate surface area is 167 Å². The second-order valence-electron chi connectivity index (χ2n) is 8.63. The van der Waals surface area contributed by atoms with Crippen LogP contribution in [0.5, 0.6) is 5.75 Å². The van der Waals surface area contributed by atoms with Crippen molar-refractivity contribution in [3.63, 3.8) is 0 Å². The van der Waals surface area contributed by atoms with Crippen LogP contribution >= 0.6 is 11.8 Å². The van der Waals surface area contributed by atoms with Crippen LogP contribution in [-0.2, 0) is 5.41 Å². The van der Waals surface area contributed by atoms with Crippen molar-refractivity contribution in [3.05, 3.63) is 35.5 Å². The fraction of sp³-hybridized carbons (Fsp3) is 0.571. The van der Waals surface area contributed by atoms with Crippen molar-refractivity contribution in [3.8, 4) is 5.75 Å². The fourth-order valence-electron chi connectivity index (χ4n) is 5.96. The fourth-order valence-corrected chi connectivity index (χ4v) is 6.60. The Morgan fingerprint density at radius 2 is 1.89 bits per heavy atom. The molecule has 0 saturated heterocycles. The first kappa shape index (κ1) is 18.2. The SMILES string of the molecule is COc1ccc(F)cc1C(=O)CSc1nnc(C23CC4CC(CC(C4)C2)C3)o1. The molecule has 1 aromatic carbocycles. The zero-order valence-corrected chi connectivity index (χ0v) is 16.6. The number of rotatable bonds is 6. The maximum Gasteiger partial charge on any atom is 0.277 e. The van der Waals surface area contributed by atoms with E-state index < -0.39 is 5.82 Å². The lowest BCUT2D eigenvalue weighted by atomic mass is 9.49. The van der Waals surface area contributed by atoms with E-state index in [4.69, 9.17) is 9.15 Å². The molecule has 0 unspecified atom stereocenters. The highest BCUT2D eigenvalue weighted by Gasteiger charge is 2.54. The molecule has 0 aliphatic heterocycles. The molecule has 4 saturated carbocycles. The van der Waals surface area contributed by atoms with Crippen molar-refractivity contribution in [2.75, 3.05) is 12.9 Å². The third-order valence-electron chi connectivity index (χ3n) is 6.69. The highest BCUT2D eigenvalue weighted by Crippen LogP contribution is 2.60. The van der Waals surface area contributed by atoms with Crippen molar-refractivity contribution in [1.82, 2.24) is 10.2 Å². The Kier molecular flexibility index (Phi) is 4.45. The van der Waals surface area contributed by atoms with Gasteiger partial charge in [-0.15, -0.1) is 10.2 Å². The summed E-state index contributed by atoms with van der Waals surface area (Å²) in [5, 5.41) is 8.97. The minimum absolute atomic E-state index is 0.0519. The molecular weight excluding hydrogens is 379 g/mol. The molecule has 0 N–H and O–H groups in total. The van der Waals surface area contributed by atoms with E-state index in [0.717, 1.165) is 42.9 Å². The Hall–Kier alpha value is -1.89. The number of halogens is 1. The Morgan fingerprint density at radius 1 is 1.21 bits per heavy atom. The lowest BCUT2D eigenvalue weighted by molar-refractivity contribution is -0.0191. The highest BCUT2D eigenvalue weighted by atomic mass is 32.2.